The molecule has 2 N–H and O–H groups in total. The van der Waals surface area contributed by atoms with Crippen LogP contribution >= 0.6 is 0 Å². The Kier molecular flexibility index (Phi) is 6.11. The van der Waals surface area contributed by atoms with Gasteiger partial charge in [0.25, 0.3) is 0 Å². The first kappa shape index (κ1) is 18.9. The predicted molar refractivity (Wildman–Crippen MR) is 92.2 cm³/mol. The topological polar surface area (TPSA) is 84.5 Å². The number of halogens is 1. The molecule has 1 atom stereocenters. The fraction of sp³-hybridized carbons (Fsp3) is 0.235. The number of benzene rings is 2. The second-order valence-electron chi connectivity index (χ2n) is 5.26. The summed E-state index contributed by atoms with van der Waals surface area (Å²) < 4.78 is 45.1. The van der Waals surface area contributed by atoms with E-state index in [1.807, 2.05) is 0 Å². The van der Waals surface area contributed by atoms with Gasteiger partial charge in [-0.05, 0) is 55.8 Å². The molecule has 25 heavy (non-hydrogen) atoms. The number of carbonyl (C=O) groups excluding carboxylic acids is 1. The van der Waals surface area contributed by atoms with Crippen LogP contribution in [0.25, 0.3) is 0 Å². The molecule has 2 aromatic carbocycles. The Morgan fingerprint density at radius 3 is 2.28 bits per heavy atom. The Labute approximate surface area is 146 Å². The molecule has 2 aromatic rings. The van der Waals surface area contributed by atoms with Crippen molar-refractivity contribution in [2.24, 2.45) is 0 Å². The lowest BCUT2D eigenvalue weighted by Gasteiger charge is -2.15. The van der Waals surface area contributed by atoms with Crippen molar-refractivity contribution in [3.8, 4) is 0 Å². The van der Waals surface area contributed by atoms with Crippen molar-refractivity contribution in [2.45, 2.75) is 24.8 Å². The van der Waals surface area contributed by atoms with Crippen molar-refractivity contribution in [3.05, 3.63) is 59.9 Å². The summed E-state index contributed by atoms with van der Waals surface area (Å²) in [6.07, 6.45) is -0.610. The number of sulfonamides is 1. The number of hydrogen-bond donors (Lipinski definition) is 2. The number of carbonyl (C=O) groups is 1. The highest BCUT2D eigenvalue weighted by Crippen LogP contribution is 2.19. The zero-order chi connectivity index (χ0) is 18.4. The van der Waals surface area contributed by atoms with Gasteiger partial charge < -0.3 is 4.74 Å². The van der Waals surface area contributed by atoms with E-state index in [0.29, 0.717) is 11.3 Å². The van der Waals surface area contributed by atoms with Crippen LogP contribution in [0.15, 0.2) is 53.4 Å². The highest BCUT2D eigenvalue weighted by Gasteiger charge is 2.18. The molecule has 134 valence electrons. The lowest BCUT2D eigenvalue weighted by molar-refractivity contribution is 0.168. The maximum absolute atomic E-state index is 13.0. The van der Waals surface area contributed by atoms with Gasteiger partial charge in [-0.1, -0.05) is 12.1 Å². The Bertz CT molecular complexity index is 821. The number of rotatable bonds is 6. The highest BCUT2D eigenvalue weighted by atomic mass is 32.2. The fourth-order valence-electron chi connectivity index (χ4n) is 2.12. The van der Waals surface area contributed by atoms with Gasteiger partial charge in [-0.25, -0.2) is 22.3 Å². The maximum atomic E-state index is 13.0. The molecule has 0 fully saturated rings. The van der Waals surface area contributed by atoms with Crippen LogP contribution in [0.1, 0.15) is 25.5 Å². The SMILES string of the molecule is CCOC(=O)Nc1ccc(S(=O)(=O)NC(C)c2ccc(F)cc2)cc1. The quantitative estimate of drug-likeness (QED) is 0.820. The van der Waals surface area contributed by atoms with E-state index in [1.54, 1.807) is 13.8 Å². The first-order valence-electron chi connectivity index (χ1n) is 7.63. The molecule has 0 aromatic heterocycles. The first-order valence-corrected chi connectivity index (χ1v) is 9.12. The van der Waals surface area contributed by atoms with E-state index in [-0.39, 0.29) is 17.3 Å². The van der Waals surface area contributed by atoms with Gasteiger partial charge in [-0.15, -0.1) is 0 Å². The average molecular weight is 366 g/mol. The van der Waals surface area contributed by atoms with Crippen LogP contribution in [0, 0.1) is 5.82 Å². The van der Waals surface area contributed by atoms with E-state index < -0.39 is 22.2 Å². The summed E-state index contributed by atoms with van der Waals surface area (Å²) in [5.74, 6) is -0.386. The summed E-state index contributed by atoms with van der Waals surface area (Å²) in [6, 6.07) is 10.8. The van der Waals surface area contributed by atoms with Crippen LogP contribution in [0.3, 0.4) is 0 Å². The number of anilines is 1. The predicted octanol–water partition coefficient (Wildman–Crippen LogP) is 3.43. The largest absolute Gasteiger partial charge is 0.450 e. The molecule has 1 unspecified atom stereocenters. The molecule has 0 radical (unpaired) electrons. The van der Waals surface area contributed by atoms with Gasteiger partial charge >= 0.3 is 6.09 Å². The van der Waals surface area contributed by atoms with Crippen LogP contribution < -0.4 is 10.0 Å². The average Bonchev–Trinajstić information content (AvgIpc) is 2.55. The molecule has 6 nitrogen and oxygen atoms in total. The zero-order valence-electron chi connectivity index (χ0n) is 13.8. The van der Waals surface area contributed by atoms with E-state index in [9.17, 15) is 17.6 Å². The summed E-state index contributed by atoms with van der Waals surface area (Å²) in [5.41, 5.74) is 1.06. The standard InChI is InChI=1S/C17H19FN2O4S/c1-3-24-17(21)19-15-8-10-16(11-9-15)25(22,23)20-12(2)13-4-6-14(18)7-5-13/h4-12,20H,3H2,1-2H3,(H,19,21). The van der Waals surface area contributed by atoms with Gasteiger partial charge in [0, 0.05) is 11.7 Å². The first-order chi connectivity index (χ1) is 11.8. The van der Waals surface area contributed by atoms with Gasteiger partial charge in [0.15, 0.2) is 0 Å². The summed E-state index contributed by atoms with van der Waals surface area (Å²) in [7, 11) is -3.76. The Morgan fingerprint density at radius 1 is 1.12 bits per heavy atom. The summed E-state index contributed by atoms with van der Waals surface area (Å²) in [5, 5.41) is 2.48. The smallest absolute Gasteiger partial charge is 0.411 e. The molecule has 1 amide bonds. The monoisotopic (exact) mass is 366 g/mol. The maximum Gasteiger partial charge on any atom is 0.411 e. The molecule has 0 saturated carbocycles. The van der Waals surface area contributed by atoms with E-state index in [0.717, 1.165) is 0 Å². The lowest BCUT2D eigenvalue weighted by atomic mass is 10.1. The van der Waals surface area contributed by atoms with E-state index in [4.69, 9.17) is 4.74 Å². The number of nitrogens with one attached hydrogen (secondary N) is 2. The summed E-state index contributed by atoms with van der Waals surface area (Å²) in [4.78, 5) is 11.4. The Morgan fingerprint density at radius 2 is 1.72 bits per heavy atom. The molecule has 0 aliphatic carbocycles. The van der Waals surface area contributed by atoms with Gasteiger partial charge in [0.1, 0.15) is 5.82 Å². The van der Waals surface area contributed by atoms with E-state index >= 15 is 0 Å². The molecule has 0 bridgehead atoms. The van der Waals surface area contributed by atoms with Crippen molar-refractivity contribution in [1.82, 2.24) is 4.72 Å². The Hall–Kier alpha value is -2.45. The summed E-state index contributed by atoms with van der Waals surface area (Å²) >= 11 is 0. The Balaban J connectivity index is 2.08. The molecule has 8 heteroatoms. The molecule has 0 aliphatic heterocycles. The molecule has 0 spiro atoms. The summed E-state index contributed by atoms with van der Waals surface area (Å²) in [6.45, 7) is 3.59. The lowest BCUT2D eigenvalue weighted by Crippen LogP contribution is -2.26. The molecule has 0 saturated heterocycles. The number of ether oxygens (including phenoxy) is 1. The van der Waals surface area contributed by atoms with Crippen molar-refractivity contribution < 1.29 is 22.3 Å². The molecular formula is C17H19FN2O4S. The van der Waals surface area contributed by atoms with Gasteiger partial charge in [-0.2, -0.15) is 0 Å². The van der Waals surface area contributed by atoms with Crippen molar-refractivity contribution >= 4 is 21.8 Å². The normalized spacial score (nSPS) is 12.4. The van der Waals surface area contributed by atoms with Crippen LogP contribution in [-0.2, 0) is 14.8 Å². The van der Waals surface area contributed by atoms with Gasteiger partial charge in [0.05, 0.1) is 11.5 Å². The van der Waals surface area contributed by atoms with E-state index in [1.165, 1.54) is 48.5 Å². The van der Waals surface area contributed by atoms with E-state index in [2.05, 4.69) is 10.0 Å². The van der Waals surface area contributed by atoms with Crippen LogP contribution in [-0.4, -0.2) is 21.1 Å². The third kappa shape index (κ3) is 5.27. The van der Waals surface area contributed by atoms with Crippen LogP contribution in [0.2, 0.25) is 0 Å². The van der Waals surface area contributed by atoms with Crippen LogP contribution in [0.4, 0.5) is 14.9 Å². The molecule has 0 aliphatic rings. The molecule has 2 rings (SSSR count). The highest BCUT2D eigenvalue weighted by molar-refractivity contribution is 7.89. The molecular weight excluding hydrogens is 347 g/mol. The van der Waals surface area contributed by atoms with Crippen LogP contribution in [0.5, 0.6) is 0 Å². The third-order valence-electron chi connectivity index (χ3n) is 3.39. The minimum absolute atomic E-state index is 0.0517. The third-order valence-corrected chi connectivity index (χ3v) is 4.95. The van der Waals surface area contributed by atoms with Gasteiger partial charge in [-0.3, -0.25) is 5.32 Å². The van der Waals surface area contributed by atoms with Crippen molar-refractivity contribution in [1.29, 1.82) is 0 Å². The fourth-order valence-corrected chi connectivity index (χ4v) is 3.35. The number of amides is 1. The van der Waals surface area contributed by atoms with Gasteiger partial charge in [0.2, 0.25) is 10.0 Å². The minimum atomic E-state index is -3.76. The second kappa shape index (κ2) is 8.09. The molecule has 0 heterocycles. The zero-order valence-corrected chi connectivity index (χ0v) is 14.6. The minimum Gasteiger partial charge on any atom is -0.450 e. The van der Waals surface area contributed by atoms with Crippen molar-refractivity contribution in [3.63, 3.8) is 0 Å². The number of hydrogen-bond acceptors (Lipinski definition) is 4. The second-order valence-corrected chi connectivity index (χ2v) is 6.98. The van der Waals surface area contributed by atoms with Crippen molar-refractivity contribution in [2.75, 3.05) is 11.9 Å².